The zero-order valence-corrected chi connectivity index (χ0v) is 11.0. The maximum absolute atomic E-state index is 12.4. The van der Waals surface area contributed by atoms with Gasteiger partial charge >= 0.3 is 5.97 Å². The molecule has 1 unspecified atom stereocenters. The number of amides is 1. The highest BCUT2D eigenvalue weighted by Gasteiger charge is 2.41. The Morgan fingerprint density at radius 2 is 2.05 bits per heavy atom. The number of aliphatic carboxylic acids is 1. The van der Waals surface area contributed by atoms with E-state index in [-0.39, 0.29) is 19.1 Å². The number of rotatable bonds is 3. The van der Waals surface area contributed by atoms with E-state index in [0.717, 1.165) is 6.42 Å². The Kier molecular flexibility index (Phi) is 4.38. The minimum atomic E-state index is -0.887. The third-order valence-corrected chi connectivity index (χ3v) is 3.71. The summed E-state index contributed by atoms with van der Waals surface area (Å²) in [5.74, 6) is -0.901. The summed E-state index contributed by atoms with van der Waals surface area (Å²) < 4.78 is 5.22. The van der Waals surface area contributed by atoms with Gasteiger partial charge < -0.3 is 20.5 Å². The van der Waals surface area contributed by atoms with Crippen molar-refractivity contribution in [1.29, 1.82) is 0 Å². The summed E-state index contributed by atoms with van der Waals surface area (Å²) >= 11 is 0. The molecular weight excluding hydrogens is 250 g/mol. The number of carbonyl (C=O) groups excluding carboxylic acids is 1. The minimum absolute atomic E-state index is 0.0267. The molecule has 0 aromatic carbocycles. The molecule has 0 aromatic heterocycles. The third-order valence-electron chi connectivity index (χ3n) is 3.71. The number of carboxylic acids is 1. The second-order valence-corrected chi connectivity index (χ2v) is 5.27. The monoisotopic (exact) mass is 271 g/mol. The zero-order valence-electron chi connectivity index (χ0n) is 11.0. The first kappa shape index (κ1) is 14.2. The van der Waals surface area contributed by atoms with E-state index in [9.17, 15) is 9.59 Å². The summed E-state index contributed by atoms with van der Waals surface area (Å²) in [5.41, 5.74) is 5.19. The highest BCUT2D eigenvalue weighted by molar-refractivity contribution is 5.86. The Hall–Kier alpha value is -1.18. The van der Waals surface area contributed by atoms with Gasteiger partial charge in [0.15, 0.2) is 0 Å². The molecule has 2 heterocycles. The van der Waals surface area contributed by atoms with E-state index in [2.05, 4.69) is 0 Å². The van der Waals surface area contributed by atoms with Crippen LogP contribution in [0, 0.1) is 0 Å². The van der Waals surface area contributed by atoms with Crippen LogP contribution in [0.1, 0.15) is 12.8 Å². The Bertz CT molecular complexity index is 355. The Morgan fingerprint density at radius 3 is 2.68 bits per heavy atom. The van der Waals surface area contributed by atoms with Crippen molar-refractivity contribution >= 4 is 11.9 Å². The maximum atomic E-state index is 12.4. The number of ether oxygens (including phenoxy) is 1. The summed E-state index contributed by atoms with van der Waals surface area (Å²) in [6.07, 6.45) is 1.33. The molecule has 0 aromatic rings. The van der Waals surface area contributed by atoms with Gasteiger partial charge in [-0.25, -0.2) is 0 Å². The van der Waals surface area contributed by atoms with E-state index in [0.29, 0.717) is 39.2 Å². The highest BCUT2D eigenvalue weighted by Crippen LogP contribution is 2.19. The predicted molar refractivity (Wildman–Crippen MR) is 67.6 cm³/mol. The smallest absolute Gasteiger partial charge is 0.317 e. The molecule has 19 heavy (non-hydrogen) atoms. The number of nitrogens with two attached hydrogens (primary N) is 1. The van der Waals surface area contributed by atoms with Crippen molar-refractivity contribution in [3.8, 4) is 0 Å². The normalized spacial score (nSPS) is 29.2. The van der Waals surface area contributed by atoms with Crippen molar-refractivity contribution in [2.24, 2.45) is 5.73 Å². The van der Waals surface area contributed by atoms with Crippen LogP contribution >= 0.6 is 0 Å². The molecule has 7 heteroatoms. The van der Waals surface area contributed by atoms with Crippen LogP contribution in [-0.2, 0) is 14.3 Å². The van der Waals surface area contributed by atoms with Crippen molar-refractivity contribution in [1.82, 2.24) is 9.80 Å². The molecule has 2 saturated heterocycles. The summed E-state index contributed by atoms with van der Waals surface area (Å²) in [6.45, 7) is 3.28. The zero-order chi connectivity index (χ0) is 13.9. The van der Waals surface area contributed by atoms with E-state index in [1.54, 1.807) is 4.90 Å². The highest BCUT2D eigenvalue weighted by atomic mass is 16.5. The lowest BCUT2D eigenvalue weighted by molar-refractivity contribution is -0.138. The first-order valence-corrected chi connectivity index (χ1v) is 6.61. The van der Waals surface area contributed by atoms with Gasteiger partial charge in [-0.2, -0.15) is 0 Å². The Labute approximate surface area is 112 Å². The van der Waals surface area contributed by atoms with E-state index in [4.69, 9.17) is 15.6 Å². The molecule has 2 fully saturated rings. The van der Waals surface area contributed by atoms with Crippen molar-refractivity contribution in [3.05, 3.63) is 0 Å². The second kappa shape index (κ2) is 5.85. The van der Waals surface area contributed by atoms with Crippen LogP contribution in [0.2, 0.25) is 0 Å². The standard InChI is InChI=1S/C12H21N3O4/c13-12(2-7-19-9-12)11(18)15-4-1-3-14(5-6-15)8-10(16)17/h1-9,13H2,(H,16,17). The largest absolute Gasteiger partial charge is 0.480 e. The van der Waals surface area contributed by atoms with Gasteiger partial charge in [0.1, 0.15) is 5.54 Å². The second-order valence-electron chi connectivity index (χ2n) is 5.27. The number of hydrogen-bond acceptors (Lipinski definition) is 5. The molecule has 2 rings (SSSR count). The molecule has 108 valence electrons. The van der Waals surface area contributed by atoms with Crippen molar-refractivity contribution < 1.29 is 19.4 Å². The van der Waals surface area contributed by atoms with E-state index in [1.807, 2.05) is 4.90 Å². The molecule has 0 bridgehead atoms. The fraction of sp³-hybridized carbons (Fsp3) is 0.833. The number of hydrogen-bond donors (Lipinski definition) is 2. The van der Waals surface area contributed by atoms with Gasteiger partial charge in [-0.3, -0.25) is 14.5 Å². The van der Waals surface area contributed by atoms with Crippen LogP contribution in [0.3, 0.4) is 0 Å². The molecule has 0 radical (unpaired) electrons. The first-order valence-electron chi connectivity index (χ1n) is 6.61. The number of nitrogens with zero attached hydrogens (tertiary/aromatic N) is 2. The molecule has 2 aliphatic rings. The Balaban J connectivity index is 1.91. The fourth-order valence-corrected chi connectivity index (χ4v) is 2.59. The minimum Gasteiger partial charge on any atom is -0.480 e. The van der Waals surface area contributed by atoms with Crippen LogP contribution < -0.4 is 5.73 Å². The molecule has 0 spiro atoms. The van der Waals surface area contributed by atoms with Crippen molar-refractivity contribution in [2.75, 3.05) is 45.9 Å². The van der Waals surface area contributed by atoms with Crippen molar-refractivity contribution in [3.63, 3.8) is 0 Å². The third kappa shape index (κ3) is 3.43. The molecule has 3 N–H and O–H groups in total. The van der Waals surface area contributed by atoms with Gasteiger partial charge in [-0.1, -0.05) is 0 Å². The summed E-state index contributed by atoms with van der Waals surface area (Å²) in [7, 11) is 0. The van der Waals surface area contributed by atoms with E-state index < -0.39 is 11.5 Å². The quantitative estimate of drug-likeness (QED) is 0.664. The SMILES string of the molecule is NC1(C(=O)N2CCCN(CC(=O)O)CC2)CCOC1. The molecule has 7 nitrogen and oxygen atoms in total. The lowest BCUT2D eigenvalue weighted by atomic mass is 9.98. The van der Waals surface area contributed by atoms with Crippen molar-refractivity contribution in [2.45, 2.75) is 18.4 Å². The van der Waals surface area contributed by atoms with Gasteiger partial charge in [-0.05, 0) is 12.8 Å². The number of carboxylic acid groups (broad SMARTS) is 1. The topological polar surface area (TPSA) is 96.1 Å². The van der Waals surface area contributed by atoms with Crippen LogP contribution in [0.5, 0.6) is 0 Å². The molecule has 0 aliphatic carbocycles. The fourth-order valence-electron chi connectivity index (χ4n) is 2.59. The average Bonchev–Trinajstić information content (AvgIpc) is 2.67. The van der Waals surface area contributed by atoms with Gasteiger partial charge in [0.2, 0.25) is 5.91 Å². The first-order chi connectivity index (χ1) is 9.01. The molecule has 1 amide bonds. The molecular formula is C12H21N3O4. The summed E-state index contributed by atoms with van der Waals surface area (Å²) in [6, 6.07) is 0. The number of carbonyl (C=O) groups is 2. The van der Waals surface area contributed by atoms with Gasteiger partial charge in [-0.15, -0.1) is 0 Å². The van der Waals surface area contributed by atoms with E-state index in [1.165, 1.54) is 0 Å². The average molecular weight is 271 g/mol. The van der Waals surface area contributed by atoms with E-state index >= 15 is 0 Å². The maximum Gasteiger partial charge on any atom is 0.317 e. The van der Waals surface area contributed by atoms with Gasteiger partial charge in [0, 0.05) is 32.8 Å². The Morgan fingerprint density at radius 1 is 1.26 bits per heavy atom. The lowest BCUT2D eigenvalue weighted by Gasteiger charge is -2.29. The predicted octanol–water partition coefficient (Wildman–Crippen LogP) is -1.28. The van der Waals surface area contributed by atoms with Gasteiger partial charge in [0.25, 0.3) is 0 Å². The van der Waals surface area contributed by atoms with Crippen LogP contribution in [0.25, 0.3) is 0 Å². The molecule has 2 aliphatic heterocycles. The summed E-state index contributed by atoms with van der Waals surface area (Å²) in [5, 5.41) is 8.79. The lowest BCUT2D eigenvalue weighted by Crippen LogP contribution is -2.56. The van der Waals surface area contributed by atoms with Crippen LogP contribution in [0.15, 0.2) is 0 Å². The summed E-state index contributed by atoms with van der Waals surface area (Å²) in [4.78, 5) is 26.7. The van der Waals surface area contributed by atoms with Gasteiger partial charge in [0.05, 0.1) is 13.2 Å². The molecule has 0 saturated carbocycles. The molecule has 1 atom stereocenters. The van der Waals surface area contributed by atoms with Crippen LogP contribution in [-0.4, -0.2) is 78.3 Å². The van der Waals surface area contributed by atoms with Crippen LogP contribution in [0.4, 0.5) is 0 Å².